The number of rotatable bonds is 8. The van der Waals surface area contributed by atoms with Crippen LogP contribution in [-0.2, 0) is 30.0 Å². The van der Waals surface area contributed by atoms with Crippen molar-refractivity contribution >= 4 is 40.8 Å². The molecule has 0 spiro atoms. The largest absolute Gasteiger partial charge is 0.481 e. The van der Waals surface area contributed by atoms with Gasteiger partial charge in [0.2, 0.25) is 5.88 Å². The van der Waals surface area contributed by atoms with Gasteiger partial charge < -0.3 is 19.4 Å². The number of carbonyl (C=O) groups is 2. The summed E-state index contributed by atoms with van der Waals surface area (Å²) < 4.78 is 13.1. The van der Waals surface area contributed by atoms with E-state index in [1.165, 1.54) is 20.3 Å². The molecule has 2 aromatic carbocycles. The van der Waals surface area contributed by atoms with Crippen LogP contribution in [0, 0.1) is 5.92 Å². The standard InChI is InChI=1S/C35H35Cl2N5O6/c1-5-48-34(45)20-14-15-42(17-20)27-13-12-19-16-26(39-32(47-4)28(19)27)23-10-6-8-21(29(23)36)22-9-7-11-25(30(22)37)38-31(43)24-18-40(2)35(46)41(3)33(24)44/h6-11,16,18,20,27H,5,12-15,17H2,1-4H3,(H,38,43)/t20-,27-/m1/s1. The first-order valence-corrected chi connectivity index (χ1v) is 16.4. The van der Waals surface area contributed by atoms with Crippen LogP contribution in [0.25, 0.3) is 22.4 Å². The van der Waals surface area contributed by atoms with Crippen molar-refractivity contribution in [3.05, 3.63) is 96.2 Å². The van der Waals surface area contributed by atoms with Crippen molar-refractivity contribution in [3.63, 3.8) is 0 Å². The van der Waals surface area contributed by atoms with E-state index < -0.39 is 17.2 Å². The van der Waals surface area contributed by atoms with Gasteiger partial charge in [-0.05, 0) is 50.4 Å². The second-order valence-electron chi connectivity index (χ2n) is 12.0. The Labute approximate surface area is 287 Å². The Bertz CT molecular complexity index is 2060. The molecule has 4 aromatic rings. The lowest BCUT2D eigenvalue weighted by Crippen LogP contribution is -2.40. The van der Waals surface area contributed by atoms with Gasteiger partial charge in [0.1, 0.15) is 5.56 Å². The highest BCUT2D eigenvalue weighted by Gasteiger charge is 2.38. The van der Waals surface area contributed by atoms with Gasteiger partial charge in [0.05, 0.1) is 41.1 Å². The second kappa shape index (κ2) is 13.6. The van der Waals surface area contributed by atoms with E-state index in [9.17, 15) is 19.2 Å². The predicted molar refractivity (Wildman–Crippen MR) is 184 cm³/mol. The molecule has 11 nitrogen and oxygen atoms in total. The molecule has 1 saturated heterocycles. The van der Waals surface area contributed by atoms with Gasteiger partial charge in [-0.3, -0.25) is 23.9 Å². The molecule has 1 aliphatic heterocycles. The molecule has 13 heteroatoms. The fourth-order valence-electron chi connectivity index (χ4n) is 6.69. The first-order chi connectivity index (χ1) is 23.0. The van der Waals surface area contributed by atoms with Crippen LogP contribution in [0.2, 0.25) is 10.0 Å². The van der Waals surface area contributed by atoms with E-state index in [4.69, 9.17) is 37.7 Å². The molecule has 2 atom stereocenters. The third-order valence-electron chi connectivity index (χ3n) is 9.11. The van der Waals surface area contributed by atoms with Gasteiger partial charge in [0.15, 0.2) is 0 Å². The number of pyridine rings is 1. The van der Waals surface area contributed by atoms with Crippen LogP contribution in [0.15, 0.2) is 58.3 Å². The normalized spacial score (nSPS) is 17.3. The summed E-state index contributed by atoms with van der Waals surface area (Å²) in [5.41, 5.74) is 3.48. The predicted octanol–water partition coefficient (Wildman–Crippen LogP) is 5.25. The monoisotopic (exact) mass is 691 g/mol. The Morgan fingerprint density at radius 2 is 1.73 bits per heavy atom. The number of esters is 1. The fraction of sp³-hybridized carbons (Fsp3) is 0.343. The Balaban J connectivity index is 1.30. The number of hydrogen-bond donors (Lipinski definition) is 1. The van der Waals surface area contributed by atoms with Crippen molar-refractivity contribution in [1.82, 2.24) is 19.0 Å². The van der Waals surface area contributed by atoms with Crippen LogP contribution < -0.4 is 21.3 Å². The van der Waals surface area contributed by atoms with Gasteiger partial charge in [-0.25, -0.2) is 9.78 Å². The van der Waals surface area contributed by atoms with Crippen molar-refractivity contribution in [1.29, 1.82) is 0 Å². The van der Waals surface area contributed by atoms with E-state index in [2.05, 4.69) is 10.2 Å². The van der Waals surface area contributed by atoms with Gasteiger partial charge >= 0.3 is 11.7 Å². The number of carbonyl (C=O) groups excluding carboxylic acids is 2. The smallest absolute Gasteiger partial charge is 0.330 e. The maximum atomic E-state index is 13.1. The summed E-state index contributed by atoms with van der Waals surface area (Å²) in [5.74, 6) is -0.453. The zero-order valence-electron chi connectivity index (χ0n) is 27.0. The molecular weight excluding hydrogens is 657 g/mol. The summed E-state index contributed by atoms with van der Waals surface area (Å²) in [7, 11) is 4.38. The summed E-state index contributed by atoms with van der Waals surface area (Å²) >= 11 is 13.9. The number of halogens is 2. The lowest BCUT2D eigenvalue weighted by molar-refractivity contribution is -0.147. The van der Waals surface area contributed by atoms with Crippen LogP contribution >= 0.6 is 23.2 Å². The molecule has 48 heavy (non-hydrogen) atoms. The van der Waals surface area contributed by atoms with Crippen molar-refractivity contribution in [3.8, 4) is 28.3 Å². The molecule has 6 rings (SSSR count). The molecule has 0 unspecified atom stereocenters. The molecule has 2 aromatic heterocycles. The van der Waals surface area contributed by atoms with Crippen molar-refractivity contribution in [2.75, 3.05) is 32.1 Å². The zero-order valence-corrected chi connectivity index (χ0v) is 28.5. The molecule has 0 bridgehead atoms. The average molecular weight is 693 g/mol. The van der Waals surface area contributed by atoms with E-state index in [1.54, 1.807) is 25.3 Å². The minimum Gasteiger partial charge on any atom is -0.481 e. The summed E-state index contributed by atoms with van der Waals surface area (Å²) in [4.78, 5) is 57.4. The molecule has 3 heterocycles. The number of anilines is 1. The van der Waals surface area contributed by atoms with Crippen molar-refractivity contribution < 1.29 is 19.1 Å². The number of amides is 1. The zero-order chi connectivity index (χ0) is 34.3. The average Bonchev–Trinajstić information content (AvgIpc) is 3.74. The number of aromatic nitrogens is 3. The minimum absolute atomic E-state index is 0.0930. The molecule has 0 radical (unpaired) electrons. The molecular formula is C35H35Cl2N5O6. The quantitative estimate of drug-likeness (QED) is 0.249. The first kappa shape index (κ1) is 33.5. The molecule has 0 saturated carbocycles. The topological polar surface area (TPSA) is 125 Å². The van der Waals surface area contributed by atoms with Crippen molar-refractivity contribution in [2.45, 2.75) is 32.2 Å². The minimum atomic E-state index is -0.719. The first-order valence-electron chi connectivity index (χ1n) is 15.7. The van der Waals surface area contributed by atoms with Crippen LogP contribution in [-0.4, -0.2) is 57.7 Å². The van der Waals surface area contributed by atoms with Crippen LogP contribution in [0.4, 0.5) is 5.69 Å². The van der Waals surface area contributed by atoms with Gasteiger partial charge in [-0.1, -0.05) is 53.5 Å². The van der Waals surface area contributed by atoms with Crippen molar-refractivity contribution in [2.24, 2.45) is 20.0 Å². The molecule has 2 aliphatic rings. The van der Waals surface area contributed by atoms with E-state index in [0.29, 0.717) is 46.4 Å². The molecule has 250 valence electrons. The molecule has 1 N–H and O–H groups in total. The number of benzene rings is 2. The van der Waals surface area contributed by atoms with E-state index in [0.717, 1.165) is 46.1 Å². The molecule has 1 fully saturated rings. The maximum absolute atomic E-state index is 13.1. The number of likely N-dealkylation sites (tertiary alicyclic amines) is 1. The number of fused-ring (bicyclic) bond motifs is 1. The lowest BCUT2D eigenvalue weighted by Gasteiger charge is -2.25. The lowest BCUT2D eigenvalue weighted by atomic mass is 9.99. The Hall–Kier alpha value is -4.45. The van der Waals surface area contributed by atoms with Gasteiger partial charge in [0.25, 0.3) is 11.5 Å². The Morgan fingerprint density at radius 1 is 1.02 bits per heavy atom. The number of hydrogen-bond acceptors (Lipinski definition) is 8. The van der Waals surface area contributed by atoms with Crippen LogP contribution in [0.3, 0.4) is 0 Å². The van der Waals surface area contributed by atoms with Crippen LogP contribution in [0.1, 0.15) is 47.3 Å². The Morgan fingerprint density at radius 3 is 2.46 bits per heavy atom. The molecule has 1 amide bonds. The van der Waals surface area contributed by atoms with E-state index >= 15 is 0 Å². The number of nitrogens with one attached hydrogen (secondary N) is 1. The third kappa shape index (κ3) is 6.02. The number of methoxy groups -OCH3 is 1. The third-order valence-corrected chi connectivity index (χ3v) is 9.92. The number of nitrogens with zero attached hydrogens (tertiary/aromatic N) is 4. The number of ether oxygens (including phenoxy) is 2. The van der Waals surface area contributed by atoms with E-state index in [-0.39, 0.29) is 34.2 Å². The van der Waals surface area contributed by atoms with Crippen LogP contribution in [0.5, 0.6) is 5.88 Å². The second-order valence-corrected chi connectivity index (χ2v) is 12.7. The fourth-order valence-corrected chi connectivity index (χ4v) is 7.29. The highest BCUT2D eigenvalue weighted by Crippen LogP contribution is 2.46. The summed E-state index contributed by atoms with van der Waals surface area (Å²) in [6.45, 7) is 3.64. The number of aryl methyl sites for hydroxylation is 2. The summed E-state index contributed by atoms with van der Waals surface area (Å²) in [5, 5.41) is 3.34. The van der Waals surface area contributed by atoms with Gasteiger partial charge in [-0.15, -0.1) is 0 Å². The highest BCUT2D eigenvalue weighted by atomic mass is 35.5. The maximum Gasteiger partial charge on any atom is 0.330 e. The summed E-state index contributed by atoms with van der Waals surface area (Å²) in [6, 6.07) is 12.8. The highest BCUT2D eigenvalue weighted by molar-refractivity contribution is 6.39. The van der Waals surface area contributed by atoms with E-state index in [1.807, 2.05) is 31.2 Å². The molecule has 1 aliphatic carbocycles. The SMILES string of the molecule is CCOC(=O)[C@@H]1CCN([C@@H]2CCc3cc(-c4cccc(-c5cccc(NC(=O)c6cn(C)c(=O)n(C)c6=O)c5Cl)c4Cl)nc(OC)c32)C1. The van der Waals surface area contributed by atoms with Gasteiger partial charge in [0, 0.05) is 55.1 Å². The van der Waals surface area contributed by atoms with Gasteiger partial charge in [-0.2, -0.15) is 0 Å². The Kier molecular flexibility index (Phi) is 9.46. The summed E-state index contributed by atoms with van der Waals surface area (Å²) in [6.07, 6.45) is 3.68.